The number of rotatable bonds is 3. The first-order valence-electron chi connectivity index (χ1n) is 9.35. The lowest BCUT2D eigenvalue weighted by molar-refractivity contribution is -0.137. The van der Waals surface area contributed by atoms with Crippen LogP contribution >= 0.6 is 15.9 Å². The number of aromatic nitrogens is 2. The summed E-state index contributed by atoms with van der Waals surface area (Å²) in [5.41, 5.74) is 1.95. The van der Waals surface area contributed by atoms with Gasteiger partial charge in [-0.1, -0.05) is 15.9 Å². The second kappa shape index (κ2) is 7.46. The summed E-state index contributed by atoms with van der Waals surface area (Å²) in [7, 11) is 0. The maximum atomic E-state index is 13.0. The average molecular weight is 431 g/mol. The van der Waals surface area contributed by atoms with Gasteiger partial charge in [-0.3, -0.25) is 9.59 Å². The summed E-state index contributed by atoms with van der Waals surface area (Å²) in [6, 6.07) is 6.28. The number of hydrogen-bond donors (Lipinski definition) is 0. The lowest BCUT2D eigenvalue weighted by Gasteiger charge is -2.34. The fraction of sp³-hybridized carbons (Fsp3) is 0.450. The fourth-order valence-electron chi connectivity index (χ4n) is 4.05. The number of aryl methyl sites for hydroxylation is 1. The molecule has 4 rings (SSSR count). The van der Waals surface area contributed by atoms with Crippen molar-refractivity contribution in [1.29, 1.82) is 0 Å². The van der Waals surface area contributed by atoms with E-state index < -0.39 is 0 Å². The normalized spacial score (nSPS) is 21.1. The standard InChI is InChI=1S/C20H23BrN4O2/c1-14-10-17(2-3-18(14)21)25-12-15(11-19(25)26)20(27)23-7-4-16(5-8-23)24-9-6-22-13-24/h2-3,6,9-10,13,15-16H,4-5,7-8,11-12H2,1H3. The molecular formula is C20H23BrN4O2. The number of nitrogens with zero attached hydrogens (tertiary/aromatic N) is 4. The fourth-order valence-corrected chi connectivity index (χ4v) is 4.29. The van der Waals surface area contributed by atoms with Gasteiger partial charge in [0.25, 0.3) is 0 Å². The topological polar surface area (TPSA) is 58.4 Å². The van der Waals surface area contributed by atoms with Crippen molar-refractivity contribution in [3.63, 3.8) is 0 Å². The first-order chi connectivity index (χ1) is 13.0. The molecule has 3 heterocycles. The van der Waals surface area contributed by atoms with Gasteiger partial charge in [0, 0.05) is 54.7 Å². The van der Waals surface area contributed by atoms with Crippen molar-refractivity contribution in [3.05, 3.63) is 47.0 Å². The zero-order valence-electron chi connectivity index (χ0n) is 15.3. The molecule has 2 aliphatic rings. The van der Waals surface area contributed by atoms with Crippen molar-refractivity contribution < 1.29 is 9.59 Å². The summed E-state index contributed by atoms with van der Waals surface area (Å²) < 4.78 is 3.14. The minimum atomic E-state index is -0.244. The van der Waals surface area contributed by atoms with Crippen LogP contribution in [0.2, 0.25) is 0 Å². The predicted molar refractivity (Wildman–Crippen MR) is 106 cm³/mol. The first-order valence-corrected chi connectivity index (χ1v) is 10.1. The number of imidazole rings is 1. The lowest BCUT2D eigenvalue weighted by atomic mass is 10.0. The Morgan fingerprint density at radius 1 is 1.26 bits per heavy atom. The number of halogens is 1. The van der Waals surface area contributed by atoms with Gasteiger partial charge in [0.1, 0.15) is 0 Å². The van der Waals surface area contributed by atoms with E-state index in [2.05, 4.69) is 25.5 Å². The summed E-state index contributed by atoms with van der Waals surface area (Å²) in [5.74, 6) is -0.0987. The number of hydrogen-bond acceptors (Lipinski definition) is 3. The molecule has 0 saturated carbocycles. The molecule has 0 radical (unpaired) electrons. The Morgan fingerprint density at radius 3 is 2.70 bits per heavy atom. The molecule has 0 spiro atoms. The highest BCUT2D eigenvalue weighted by Gasteiger charge is 2.38. The zero-order valence-corrected chi connectivity index (χ0v) is 16.9. The molecule has 2 aromatic rings. The van der Waals surface area contributed by atoms with Gasteiger partial charge in [0.05, 0.1) is 12.2 Å². The first kappa shape index (κ1) is 18.2. The number of piperidine rings is 1. The molecule has 2 saturated heterocycles. The highest BCUT2D eigenvalue weighted by molar-refractivity contribution is 9.10. The van der Waals surface area contributed by atoms with Gasteiger partial charge in [-0.2, -0.15) is 0 Å². The summed E-state index contributed by atoms with van der Waals surface area (Å²) in [4.78, 5) is 33.3. The summed E-state index contributed by atoms with van der Waals surface area (Å²) in [5, 5.41) is 0. The Kier molecular flexibility index (Phi) is 5.04. The number of anilines is 1. The van der Waals surface area contributed by atoms with Crippen LogP contribution in [-0.4, -0.2) is 45.9 Å². The third kappa shape index (κ3) is 3.65. The largest absolute Gasteiger partial charge is 0.342 e. The van der Waals surface area contributed by atoms with E-state index in [4.69, 9.17) is 0 Å². The van der Waals surface area contributed by atoms with Crippen LogP contribution in [0.25, 0.3) is 0 Å². The van der Waals surface area contributed by atoms with Crippen LogP contribution in [0.3, 0.4) is 0 Å². The smallest absolute Gasteiger partial charge is 0.228 e. The number of amides is 2. The molecule has 1 unspecified atom stereocenters. The van der Waals surface area contributed by atoms with E-state index in [1.165, 1.54) is 0 Å². The average Bonchev–Trinajstić information content (AvgIpc) is 3.34. The molecule has 6 nitrogen and oxygen atoms in total. The van der Waals surface area contributed by atoms with Crippen LogP contribution in [0.15, 0.2) is 41.4 Å². The lowest BCUT2D eigenvalue weighted by Crippen LogP contribution is -2.42. The van der Waals surface area contributed by atoms with Crippen molar-refractivity contribution in [1.82, 2.24) is 14.5 Å². The van der Waals surface area contributed by atoms with Gasteiger partial charge >= 0.3 is 0 Å². The maximum absolute atomic E-state index is 13.0. The van der Waals surface area contributed by atoms with Gasteiger partial charge < -0.3 is 14.4 Å². The van der Waals surface area contributed by atoms with Crippen LogP contribution in [0.4, 0.5) is 5.69 Å². The van der Waals surface area contributed by atoms with Crippen LogP contribution in [0.5, 0.6) is 0 Å². The van der Waals surface area contributed by atoms with Gasteiger partial charge in [0.15, 0.2) is 0 Å². The van der Waals surface area contributed by atoms with E-state index >= 15 is 0 Å². The van der Waals surface area contributed by atoms with Crippen molar-refractivity contribution in [2.24, 2.45) is 5.92 Å². The van der Waals surface area contributed by atoms with E-state index in [9.17, 15) is 9.59 Å². The van der Waals surface area contributed by atoms with E-state index in [0.717, 1.165) is 41.7 Å². The molecule has 0 aliphatic carbocycles. The predicted octanol–water partition coefficient (Wildman–Crippen LogP) is 3.17. The monoisotopic (exact) mass is 430 g/mol. The molecule has 7 heteroatoms. The van der Waals surface area contributed by atoms with Crippen LogP contribution in [0.1, 0.15) is 30.9 Å². The van der Waals surface area contributed by atoms with Gasteiger partial charge in [-0.25, -0.2) is 4.98 Å². The molecule has 2 aliphatic heterocycles. The Labute approximate surface area is 167 Å². The SMILES string of the molecule is Cc1cc(N2CC(C(=O)N3CCC(n4ccnc4)CC3)CC2=O)ccc1Br. The molecule has 1 aromatic carbocycles. The summed E-state index contributed by atoms with van der Waals surface area (Å²) >= 11 is 3.49. The molecule has 1 atom stereocenters. The van der Waals surface area contributed by atoms with Gasteiger partial charge in [0.2, 0.25) is 11.8 Å². The number of benzene rings is 1. The molecule has 142 valence electrons. The van der Waals surface area contributed by atoms with E-state index in [1.54, 1.807) is 11.1 Å². The van der Waals surface area contributed by atoms with Crippen LogP contribution in [-0.2, 0) is 9.59 Å². The van der Waals surface area contributed by atoms with E-state index in [-0.39, 0.29) is 17.7 Å². The van der Waals surface area contributed by atoms with Crippen molar-refractivity contribution in [3.8, 4) is 0 Å². The molecule has 2 fully saturated rings. The summed E-state index contributed by atoms with van der Waals surface area (Å²) in [6.07, 6.45) is 7.78. The Balaban J connectivity index is 1.39. The third-order valence-corrected chi connectivity index (χ3v) is 6.54. The number of likely N-dealkylation sites (tertiary alicyclic amines) is 1. The highest BCUT2D eigenvalue weighted by Crippen LogP contribution is 2.30. The second-order valence-electron chi connectivity index (χ2n) is 7.41. The molecule has 27 heavy (non-hydrogen) atoms. The quantitative estimate of drug-likeness (QED) is 0.750. The molecule has 1 aromatic heterocycles. The summed E-state index contributed by atoms with van der Waals surface area (Å²) in [6.45, 7) is 3.95. The second-order valence-corrected chi connectivity index (χ2v) is 8.26. The minimum Gasteiger partial charge on any atom is -0.342 e. The Bertz CT molecular complexity index is 844. The van der Waals surface area contributed by atoms with Gasteiger partial charge in [-0.05, 0) is 43.5 Å². The maximum Gasteiger partial charge on any atom is 0.228 e. The molecule has 0 bridgehead atoms. The zero-order chi connectivity index (χ0) is 19.0. The minimum absolute atomic E-state index is 0.0309. The third-order valence-electron chi connectivity index (χ3n) is 5.65. The van der Waals surface area contributed by atoms with Crippen molar-refractivity contribution >= 4 is 33.4 Å². The molecule has 0 N–H and O–H groups in total. The van der Waals surface area contributed by atoms with Crippen molar-refractivity contribution in [2.45, 2.75) is 32.2 Å². The number of carbonyl (C=O) groups excluding carboxylic acids is 2. The Hall–Kier alpha value is -2.15. The Morgan fingerprint density at radius 2 is 2.04 bits per heavy atom. The van der Waals surface area contributed by atoms with Gasteiger partial charge in [-0.15, -0.1) is 0 Å². The highest BCUT2D eigenvalue weighted by atomic mass is 79.9. The van der Waals surface area contributed by atoms with E-state index in [1.807, 2.05) is 42.5 Å². The van der Waals surface area contributed by atoms with E-state index in [0.29, 0.717) is 19.0 Å². The molecule has 2 amide bonds. The van der Waals surface area contributed by atoms with Crippen LogP contribution in [0, 0.1) is 12.8 Å². The molecular weight excluding hydrogens is 408 g/mol. The van der Waals surface area contributed by atoms with Crippen LogP contribution < -0.4 is 4.90 Å². The van der Waals surface area contributed by atoms with Crippen molar-refractivity contribution in [2.75, 3.05) is 24.5 Å². The number of carbonyl (C=O) groups is 2.